The van der Waals surface area contributed by atoms with Crippen LogP contribution in [0.1, 0.15) is 12.5 Å². The number of benzene rings is 2. The molecule has 0 saturated carbocycles. The summed E-state index contributed by atoms with van der Waals surface area (Å²) in [7, 11) is 0. The van der Waals surface area contributed by atoms with Gasteiger partial charge in [0, 0.05) is 10.6 Å². The number of nitrogens with one attached hydrogen (secondary N) is 1. The number of hydrogen-bond donors (Lipinski definition) is 1. The minimum absolute atomic E-state index is 0.0996. The Morgan fingerprint density at radius 2 is 1.84 bits per heavy atom. The summed E-state index contributed by atoms with van der Waals surface area (Å²) in [6, 6.07) is 7.46. The molecule has 0 aliphatic rings. The van der Waals surface area contributed by atoms with E-state index in [2.05, 4.69) is 15.7 Å². The van der Waals surface area contributed by atoms with E-state index in [4.69, 9.17) is 51.2 Å². The van der Waals surface area contributed by atoms with Gasteiger partial charge in [-0.25, -0.2) is 4.39 Å². The van der Waals surface area contributed by atoms with Crippen molar-refractivity contribution in [3.05, 3.63) is 61.8 Å². The van der Waals surface area contributed by atoms with Crippen molar-refractivity contribution < 1.29 is 9.23 Å². The summed E-state index contributed by atoms with van der Waals surface area (Å²) < 4.78 is 13.6. The van der Waals surface area contributed by atoms with Crippen LogP contribution in [-0.2, 0) is 11.4 Å². The van der Waals surface area contributed by atoms with Crippen molar-refractivity contribution in [3.8, 4) is 0 Å². The molecular weight excluding hydrogens is 411 g/mol. The van der Waals surface area contributed by atoms with Gasteiger partial charge in [-0.05, 0) is 31.2 Å². The predicted octanol–water partition coefficient (Wildman–Crippen LogP) is 6.43. The molecule has 0 atom stereocenters. The third-order valence-electron chi connectivity index (χ3n) is 2.94. The van der Waals surface area contributed by atoms with Crippen molar-refractivity contribution >= 4 is 64.0 Å². The van der Waals surface area contributed by atoms with Crippen LogP contribution >= 0.6 is 46.4 Å². The number of nitrogens with zero attached hydrogens (tertiary/aromatic N) is 2. The van der Waals surface area contributed by atoms with E-state index in [9.17, 15) is 4.39 Å². The number of hydrogen-bond acceptors (Lipinski definition) is 4. The standard InChI is InChI=1S/C16H12Cl4FN3O/c1-9(23-24-16-13(19)5-10(17)6-14(16)20)7-22-25-8-11-12(18)3-2-4-15(11)21/h2-7,24H,8H2,1H3/b22-7-,23-9-. The predicted molar refractivity (Wildman–Crippen MR) is 103 cm³/mol. The molecule has 0 aliphatic heterocycles. The molecule has 0 fully saturated rings. The van der Waals surface area contributed by atoms with Gasteiger partial charge < -0.3 is 4.84 Å². The van der Waals surface area contributed by atoms with E-state index in [1.165, 1.54) is 30.5 Å². The average molecular weight is 423 g/mol. The second kappa shape index (κ2) is 9.25. The van der Waals surface area contributed by atoms with Gasteiger partial charge in [0.15, 0.2) is 0 Å². The fraction of sp³-hybridized carbons (Fsp3) is 0.125. The van der Waals surface area contributed by atoms with Crippen LogP contribution < -0.4 is 5.43 Å². The molecule has 0 amide bonds. The normalized spacial score (nSPS) is 11.8. The summed E-state index contributed by atoms with van der Waals surface area (Å²) in [6.45, 7) is 1.57. The molecule has 0 aliphatic carbocycles. The zero-order valence-electron chi connectivity index (χ0n) is 12.9. The molecule has 0 saturated heterocycles. The number of halogens is 5. The third kappa shape index (κ3) is 5.75. The Kier molecular flexibility index (Phi) is 7.32. The molecule has 4 nitrogen and oxygen atoms in total. The first-order chi connectivity index (χ1) is 11.9. The lowest BCUT2D eigenvalue weighted by Crippen LogP contribution is -2.01. The summed E-state index contributed by atoms with van der Waals surface area (Å²) in [6.07, 6.45) is 1.35. The quantitative estimate of drug-likeness (QED) is 0.430. The first-order valence-corrected chi connectivity index (χ1v) is 8.42. The molecule has 25 heavy (non-hydrogen) atoms. The fourth-order valence-corrected chi connectivity index (χ4v) is 2.83. The van der Waals surface area contributed by atoms with Crippen molar-refractivity contribution in [1.82, 2.24) is 0 Å². The van der Waals surface area contributed by atoms with Crippen molar-refractivity contribution in [2.45, 2.75) is 13.5 Å². The van der Waals surface area contributed by atoms with E-state index in [1.54, 1.807) is 13.0 Å². The van der Waals surface area contributed by atoms with Crippen LogP contribution in [0.3, 0.4) is 0 Å². The van der Waals surface area contributed by atoms with Gasteiger partial charge in [0.05, 0.1) is 32.7 Å². The molecule has 9 heteroatoms. The van der Waals surface area contributed by atoms with Gasteiger partial charge in [-0.1, -0.05) is 57.6 Å². The summed E-state index contributed by atoms with van der Waals surface area (Å²) in [5, 5.41) is 9.11. The Hall–Kier alpha value is -1.53. The van der Waals surface area contributed by atoms with Gasteiger partial charge in [0.1, 0.15) is 12.4 Å². The van der Waals surface area contributed by atoms with Crippen molar-refractivity contribution in [3.63, 3.8) is 0 Å². The molecule has 2 aromatic carbocycles. The highest BCUT2D eigenvalue weighted by Crippen LogP contribution is 2.33. The maximum atomic E-state index is 13.6. The van der Waals surface area contributed by atoms with Crippen molar-refractivity contribution in [1.29, 1.82) is 0 Å². The van der Waals surface area contributed by atoms with E-state index in [1.807, 2.05) is 0 Å². The van der Waals surface area contributed by atoms with Gasteiger partial charge in [0.25, 0.3) is 0 Å². The van der Waals surface area contributed by atoms with Crippen LogP contribution in [0.25, 0.3) is 0 Å². The number of anilines is 1. The molecule has 0 heterocycles. The average Bonchev–Trinajstić information content (AvgIpc) is 2.52. The molecule has 0 bridgehead atoms. The zero-order chi connectivity index (χ0) is 18.4. The summed E-state index contributed by atoms with van der Waals surface area (Å²) in [5.74, 6) is -0.457. The van der Waals surface area contributed by atoms with Crippen LogP contribution in [-0.4, -0.2) is 11.9 Å². The highest BCUT2D eigenvalue weighted by Gasteiger charge is 2.08. The molecule has 2 aromatic rings. The maximum Gasteiger partial charge on any atom is 0.146 e. The van der Waals surface area contributed by atoms with Crippen molar-refractivity contribution in [2.75, 3.05) is 5.43 Å². The van der Waals surface area contributed by atoms with Gasteiger partial charge in [-0.3, -0.25) is 5.43 Å². The first kappa shape index (κ1) is 19.8. The Morgan fingerprint density at radius 3 is 2.48 bits per heavy atom. The van der Waals surface area contributed by atoms with Crippen LogP contribution in [0.5, 0.6) is 0 Å². The molecule has 0 spiro atoms. The molecule has 0 radical (unpaired) electrons. The SMILES string of the molecule is CC(/C=N\OCc1c(F)cccc1Cl)=N/Nc1c(Cl)cc(Cl)cc1Cl. The van der Waals surface area contributed by atoms with E-state index >= 15 is 0 Å². The highest BCUT2D eigenvalue weighted by molar-refractivity contribution is 6.41. The molecule has 0 aromatic heterocycles. The number of rotatable bonds is 6. The lowest BCUT2D eigenvalue weighted by atomic mass is 10.2. The highest BCUT2D eigenvalue weighted by atomic mass is 35.5. The van der Waals surface area contributed by atoms with Crippen LogP contribution in [0.4, 0.5) is 10.1 Å². The summed E-state index contributed by atoms with van der Waals surface area (Å²) in [5.41, 5.74) is 3.84. The number of hydrazone groups is 1. The minimum Gasteiger partial charge on any atom is -0.391 e. The lowest BCUT2D eigenvalue weighted by molar-refractivity contribution is 0.130. The van der Waals surface area contributed by atoms with Gasteiger partial charge in [0.2, 0.25) is 0 Å². The monoisotopic (exact) mass is 421 g/mol. The second-order valence-corrected chi connectivity index (χ2v) is 6.48. The summed E-state index contributed by atoms with van der Waals surface area (Å²) in [4.78, 5) is 5.03. The van der Waals surface area contributed by atoms with Crippen molar-refractivity contribution in [2.24, 2.45) is 10.3 Å². The van der Waals surface area contributed by atoms with E-state index in [0.29, 0.717) is 26.5 Å². The first-order valence-electron chi connectivity index (χ1n) is 6.91. The van der Waals surface area contributed by atoms with Gasteiger partial charge in [-0.15, -0.1) is 0 Å². The Bertz CT molecular complexity index is 784. The largest absolute Gasteiger partial charge is 0.391 e. The topological polar surface area (TPSA) is 46.0 Å². The molecule has 132 valence electrons. The van der Waals surface area contributed by atoms with E-state index in [0.717, 1.165) is 0 Å². The van der Waals surface area contributed by atoms with E-state index in [-0.39, 0.29) is 17.2 Å². The maximum absolute atomic E-state index is 13.6. The van der Waals surface area contributed by atoms with E-state index < -0.39 is 5.82 Å². The Morgan fingerprint density at radius 1 is 1.16 bits per heavy atom. The molecule has 0 unspecified atom stereocenters. The third-order valence-corrected chi connectivity index (χ3v) is 4.10. The summed E-state index contributed by atoms with van der Waals surface area (Å²) >= 11 is 23.8. The number of oxime groups is 1. The Labute approximate surface area is 164 Å². The second-order valence-electron chi connectivity index (χ2n) is 4.82. The van der Waals surface area contributed by atoms with Gasteiger partial charge >= 0.3 is 0 Å². The van der Waals surface area contributed by atoms with Crippen LogP contribution in [0, 0.1) is 5.82 Å². The lowest BCUT2D eigenvalue weighted by Gasteiger charge is -2.07. The molecular formula is C16H12Cl4FN3O. The minimum atomic E-state index is -0.457. The molecule has 1 N–H and O–H groups in total. The van der Waals surface area contributed by atoms with Crippen LogP contribution in [0.15, 0.2) is 40.6 Å². The fourth-order valence-electron chi connectivity index (χ4n) is 1.71. The smallest absolute Gasteiger partial charge is 0.146 e. The van der Waals surface area contributed by atoms with Crippen LogP contribution in [0.2, 0.25) is 20.1 Å². The zero-order valence-corrected chi connectivity index (χ0v) is 15.9. The van der Waals surface area contributed by atoms with Gasteiger partial charge in [-0.2, -0.15) is 5.10 Å². The molecule has 2 rings (SSSR count). The Balaban J connectivity index is 1.94.